The predicted octanol–water partition coefficient (Wildman–Crippen LogP) is 2.81. The molecule has 2 fully saturated rings. The molecule has 0 radical (unpaired) electrons. The van der Waals surface area contributed by atoms with Gasteiger partial charge >= 0.3 is 0 Å². The minimum atomic E-state index is 0.748. The van der Waals surface area contributed by atoms with Gasteiger partial charge in [-0.15, -0.1) is 0 Å². The van der Waals surface area contributed by atoms with Crippen molar-refractivity contribution in [3.8, 4) is 0 Å². The molecule has 2 aliphatic rings. The summed E-state index contributed by atoms with van der Waals surface area (Å²) < 4.78 is 0. The van der Waals surface area contributed by atoms with Crippen LogP contribution in [0.3, 0.4) is 0 Å². The molecule has 3 unspecified atom stereocenters. The fraction of sp³-hybridized carbons (Fsp3) is 1.00. The fourth-order valence-electron chi connectivity index (χ4n) is 2.75. The Bertz CT molecular complexity index is 161. The third-order valence-corrected chi connectivity index (χ3v) is 4.18. The summed E-state index contributed by atoms with van der Waals surface area (Å²) in [5, 5.41) is 3.64. The molecule has 1 N–H and O–H groups in total. The summed E-state index contributed by atoms with van der Waals surface area (Å²) in [7, 11) is 0. The summed E-state index contributed by atoms with van der Waals surface area (Å²) in [4.78, 5) is 0. The van der Waals surface area contributed by atoms with Gasteiger partial charge in [-0.1, -0.05) is 26.2 Å². The molecule has 0 aromatic carbocycles. The predicted molar refractivity (Wildman–Crippen MR) is 56.7 cm³/mol. The quantitative estimate of drug-likeness (QED) is 0.690. The molecule has 1 aliphatic heterocycles. The van der Waals surface area contributed by atoms with Crippen molar-refractivity contribution in [2.24, 2.45) is 17.8 Å². The maximum absolute atomic E-state index is 3.64. The summed E-state index contributed by atoms with van der Waals surface area (Å²) in [5.74, 6) is 2.96. The van der Waals surface area contributed by atoms with Gasteiger partial charge in [0.2, 0.25) is 0 Å². The lowest BCUT2D eigenvalue weighted by atomic mass is 9.75. The number of piperidine rings is 1. The molecule has 0 bridgehead atoms. The van der Waals surface area contributed by atoms with E-state index in [1.54, 1.807) is 0 Å². The molecule has 0 aromatic rings. The molecule has 3 atom stereocenters. The van der Waals surface area contributed by atoms with E-state index >= 15 is 0 Å². The van der Waals surface area contributed by atoms with Crippen LogP contribution < -0.4 is 5.32 Å². The van der Waals surface area contributed by atoms with Crippen LogP contribution in [0.15, 0.2) is 0 Å². The summed E-state index contributed by atoms with van der Waals surface area (Å²) >= 11 is 0. The Balaban J connectivity index is 1.74. The zero-order valence-corrected chi connectivity index (χ0v) is 9.05. The molecule has 13 heavy (non-hydrogen) atoms. The van der Waals surface area contributed by atoms with Crippen LogP contribution in [0.25, 0.3) is 0 Å². The third-order valence-electron chi connectivity index (χ3n) is 4.18. The van der Waals surface area contributed by atoms with Crippen molar-refractivity contribution in [2.75, 3.05) is 6.54 Å². The SMILES string of the molecule is CC1CC(CC2CCC2)CNC1C. The van der Waals surface area contributed by atoms with Crippen LogP contribution in [0.2, 0.25) is 0 Å². The standard InChI is InChI=1S/C12H23N/c1-9-6-12(8-13-10(9)2)7-11-4-3-5-11/h9-13H,3-8H2,1-2H3. The monoisotopic (exact) mass is 181 g/mol. The molecule has 2 rings (SSSR count). The number of rotatable bonds is 2. The zero-order valence-electron chi connectivity index (χ0n) is 9.05. The zero-order chi connectivity index (χ0) is 9.26. The molecule has 1 saturated carbocycles. The first kappa shape index (κ1) is 9.51. The van der Waals surface area contributed by atoms with Crippen LogP contribution >= 0.6 is 0 Å². The maximum atomic E-state index is 3.64. The molecule has 1 aliphatic carbocycles. The molecule has 0 spiro atoms. The Morgan fingerprint density at radius 3 is 2.46 bits per heavy atom. The topological polar surface area (TPSA) is 12.0 Å². The summed E-state index contributed by atoms with van der Waals surface area (Å²) in [6.45, 7) is 6.00. The highest BCUT2D eigenvalue weighted by Gasteiger charge is 2.27. The lowest BCUT2D eigenvalue weighted by Crippen LogP contribution is -2.43. The van der Waals surface area contributed by atoms with Crippen LogP contribution in [0.1, 0.15) is 46.0 Å². The van der Waals surface area contributed by atoms with Gasteiger partial charge in [-0.2, -0.15) is 0 Å². The largest absolute Gasteiger partial charge is 0.314 e. The summed E-state index contributed by atoms with van der Waals surface area (Å²) in [6, 6.07) is 0.748. The Labute approximate surface area is 82.3 Å². The Morgan fingerprint density at radius 2 is 1.92 bits per heavy atom. The average Bonchev–Trinajstić information content (AvgIpc) is 2.04. The van der Waals surface area contributed by atoms with Crippen molar-refractivity contribution >= 4 is 0 Å². The molecular formula is C12H23N. The van der Waals surface area contributed by atoms with Crippen molar-refractivity contribution in [3.05, 3.63) is 0 Å². The van der Waals surface area contributed by atoms with Crippen LogP contribution in [0, 0.1) is 17.8 Å². The highest BCUT2D eigenvalue weighted by atomic mass is 14.9. The van der Waals surface area contributed by atoms with E-state index in [0.29, 0.717) is 0 Å². The molecule has 76 valence electrons. The highest BCUT2D eigenvalue weighted by Crippen LogP contribution is 2.35. The Hall–Kier alpha value is -0.0400. The van der Waals surface area contributed by atoms with E-state index in [9.17, 15) is 0 Å². The number of nitrogens with one attached hydrogen (secondary N) is 1. The lowest BCUT2D eigenvalue weighted by molar-refractivity contribution is 0.178. The van der Waals surface area contributed by atoms with Crippen LogP contribution in [0.4, 0.5) is 0 Å². The van der Waals surface area contributed by atoms with Crippen molar-refractivity contribution in [1.29, 1.82) is 0 Å². The fourth-order valence-corrected chi connectivity index (χ4v) is 2.75. The first-order chi connectivity index (χ1) is 6.25. The van der Waals surface area contributed by atoms with Gasteiger partial charge in [0, 0.05) is 6.04 Å². The highest BCUT2D eigenvalue weighted by molar-refractivity contribution is 4.83. The molecule has 1 saturated heterocycles. The van der Waals surface area contributed by atoms with Gasteiger partial charge in [0.15, 0.2) is 0 Å². The van der Waals surface area contributed by atoms with E-state index < -0.39 is 0 Å². The second kappa shape index (κ2) is 4.00. The average molecular weight is 181 g/mol. The van der Waals surface area contributed by atoms with Crippen LogP contribution in [-0.4, -0.2) is 12.6 Å². The van der Waals surface area contributed by atoms with E-state index in [0.717, 1.165) is 23.8 Å². The van der Waals surface area contributed by atoms with Crippen molar-refractivity contribution < 1.29 is 0 Å². The van der Waals surface area contributed by atoms with E-state index in [-0.39, 0.29) is 0 Å². The lowest BCUT2D eigenvalue weighted by Gasteiger charge is -2.37. The van der Waals surface area contributed by atoms with Crippen LogP contribution in [0.5, 0.6) is 0 Å². The summed E-state index contributed by atoms with van der Waals surface area (Å²) in [6.07, 6.45) is 7.49. The van der Waals surface area contributed by atoms with E-state index in [4.69, 9.17) is 0 Å². The van der Waals surface area contributed by atoms with Crippen LogP contribution in [-0.2, 0) is 0 Å². The van der Waals surface area contributed by atoms with Gasteiger partial charge in [0.05, 0.1) is 0 Å². The van der Waals surface area contributed by atoms with Crippen molar-refractivity contribution in [1.82, 2.24) is 5.32 Å². The third kappa shape index (κ3) is 2.25. The molecule has 0 aromatic heterocycles. The normalized spacial score (nSPS) is 41.5. The number of hydrogen-bond acceptors (Lipinski definition) is 1. The molecule has 1 heterocycles. The molecular weight excluding hydrogens is 158 g/mol. The van der Waals surface area contributed by atoms with E-state index in [1.807, 2.05) is 0 Å². The Morgan fingerprint density at radius 1 is 1.15 bits per heavy atom. The van der Waals surface area contributed by atoms with Crippen molar-refractivity contribution in [2.45, 2.75) is 52.0 Å². The van der Waals surface area contributed by atoms with Gasteiger partial charge in [-0.25, -0.2) is 0 Å². The number of hydrogen-bond donors (Lipinski definition) is 1. The van der Waals surface area contributed by atoms with Gasteiger partial charge in [0.25, 0.3) is 0 Å². The van der Waals surface area contributed by atoms with Crippen molar-refractivity contribution in [3.63, 3.8) is 0 Å². The van der Waals surface area contributed by atoms with Gasteiger partial charge < -0.3 is 5.32 Å². The van der Waals surface area contributed by atoms with Gasteiger partial charge in [-0.05, 0) is 44.1 Å². The molecule has 1 heteroatoms. The first-order valence-corrected chi connectivity index (χ1v) is 5.99. The molecule has 1 nitrogen and oxygen atoms in total. The molecule has 0 amide bonds. The summed E-state index contributed by atoms with van der Waals surface area (Å²) in [5.41, 5.74) is 0. The van der Waals surface area contributed by atoms with E-state index in [2.05, 4.69) is 19.2 Å². The Kier molecular flexibility index (Phi) is 2.92. The van der Waals surface area contributed by atoms with Gasteiger partial charge in [0.1, 0.15) is 0 Å². The van der Waals surface area contributed by atoms with Gasteiger partial charge in [-0.3, -0.25) is 0 Å². The minimum absolute atomic E-state index is 0.748. The maximum Gasteiger partial charge on any atom is 0.00645 e. The second-order valence-corrected chi connectivity index (χ2v) is 5.31. The first-order valence-electron chi connectivity index (χ1n) is 5.99. The van der Waals surface area contributed by atoms with E-state index in [1.165, 1.54) is 38.6 Å². The smallest absolute Gasteiger partial charge is 0.00645 e. The minimum Gasteiger partial charge on any atom is -0.314 e. The second-order valence-electron chi connectivity index (χ2n) is 5.31.